The molecule has 0 radical (unpaired) electrons. The number of thiophene rings is 1. The first kappa shape index (κ1) is 18.9. The zero-order valence-corrected chi connectivity index (χ0v) is 16.7. The molecule has 2 aromatic rings. The van der Waals surface area contributed by atoms with Crippen molar-refractivity contribution < 1.29 is 4.79 Å². The fourth-order valence-corrected chi connectivity index (χ4v) is 5.49. The quantitative estimate of drug-likeness (QED) is 0.840. The fraction of sp³-hybridized carbons (Fsp3) is 0.524. The van der Waals surface area contributed by atoms with Crippen molar-refractivity contribution in [2.75, 3.05) is 24.5 Å². The van der Waals surface area contributed by atoms with E-state index in [1.54, 1.807) is 23.7 Å². The molecule has 1 aliphatic heterocycles. The highest BCUT2D eigenvalue weighted by Gasteiger charge is 2.43. The van der Waals surface area contributed by atoms with E-state index in [0.717, 1.165) is 58.2 Å². The Morgan fingerprint density at radius 3 is 2.71 bits per heavy atom. The summed E-state index contributed by atoms with van der Waals surface area (Å²) in [5.41, 5.74) is 0.0734. The van der Waals surface area contributed by atoms with Gasteiger partial charge in [-0.25, -0.2) is 9.97 Å². The maximum atomic E-state index is 13.1. The molecule has 28 heavy (non-hydrogen) atoms. The Balaban J connectivity index is 1.33. The Morgan fingerprint density at radius 2 is 2.04 bits per heavy atom. The monoisotopic (exact) mass is 395 g/mol. The van der Waals surface area contributed by atoms with E-state index in [1.807, 2.05) is 6.07 Å². The van der Waals surface area contributed by atoms with E-state index in [0.29, 0.717) is 17.4 Å². The van der Waals surface area contributed by atoms with Crippen molar-refractivity contribution >= 4 is 23.1 Å². The molecule has 1 saturated heterocycles. The third kappa shape index (κ3) is 3.61. The lowest BCUT2D eigenvalue weighted by molar-refractivity contribution is -0.126. The van der Waals surface area contributed by atoms with Crippen molar-refractivity contribution in [2.24, 2.45) is 5.92 Å². The van der Waals surface area contributed by atoms with E-state index in [-0.39, 0.29) is 11.3 Å². The standard InChI is InChI=1S/C21H25N5OS/c22-14-17-19(24-10-9-23-17)26-11-5-16(6-12-26)15-25-20(27)21(7-1-2-8-21)18-4-3-13-28-18/h3-4,9-10,13,16H,1-2,5-8,11-12,15H2,(H,25,27). The molecule has 1 aliphatic carbocycles. The molecule has 4 rings (SSSR count). The number of anilines is 1. The van der Waals surface area contributed by atoms with Gasteiger partial charge in [-0.15, -0.1) is 11.3 Å². The van der Waals surface area contributed by atoms with Gasteiger partial charge in [0, 0.05) is 36.9 Å². The summed E-state index contributed by atoms with van der Waals surface area (Å²) < 4.78 is 0. The largest absolute Gasteiger partial charge is 0.355 e. The number of aromatic nitrogens is 2. The molecule has 0 unspecified atom stereocenters. The second kappa shape index (κ2) is 8.27. The molecule has 0 atom stereocenters. The lowest BCUT2D eigenvalue weighted by Gasteiger charge is -2.34. The van der Waals surface area contributed by atoms with E-state index < -0.39 is 0 Å². The normalized spacial score (nSPS) is 19.3. The smallest absolute Gasteiger partial charge is 0.231 e. The van der Waals surface area contributed by atoms with E-state index in [1.165, 1.54) is 4.88 Å². The predicted molar refractivity (Wildman–Crippen MR) is 109 cm³/mol. The van der Waals surface area contributed by atoms with Gasteiger partial charge < -0.3 is 10.2 Å². The van der Waals surface area contributed by atoms with Gasteiger partial charge in [-0.1, -0.05) is 18.9 Å². The minimum Gasteiger partial charge on any atom is -0.355 e. The zero-order chi connectivity index (χ0) is 19.4. The minimum atomic E-state index is -0.309. The first-order valence-corrected chi connectivity index (χ1v) is 10.9. The number of carbonyl (C=O) groups excluding carboxylic acids is 1. The van der Waals surface area contributed by atoms with Crippen LogP contribution >= 0.6 is 11.3 Å². The van der Waals surface area contributed by atoms with E-state index in [9.17, 15) is 10.1 Å². The fourth-order valence-electron chi connectivity index (χ4n) is 4.51. The van der Waals surface area contributed by atoms with Crippen LogP contribution in [0.25, 0.3) is 0 Å². The number of rotatable bonds is 5. The predicted octanol–water partition coefficient (Wildman–Crippen LogP) is 3.25. The van der Waals surface area contributed by atoms with Crippen LogP contribution in [0.15, 0.2) is 29.9 Å². The molecule has 6 nitrogen and oxygen atoms in total. The van der Waals surface area contributed by atoms with Gasteiger partial charge in [0.2, 0.25) is 5.91 Å². The maximum Gasteiger partial charge on any atom is 0.231 e. The van der Waals surface area contributed by atoms with Crippen LogP contribution < -0.4 is 10.2 Å². The lowest BCUT2D eigenvalue weighted by atomic mass is 9.83. The Morgan fingerprint density at radius 1 is 1.29 bits per heavy atom. The summed E-state index contributed by atoms with van der Waals surface area (Å²) in [6.45, 7) is 2.40. The molecule has 0 aromatic carbocycles. The van der Waals surface area contributed by atoms with Gasteiger partial charge in [-0.3, -0.25) is 4.79 Å². The summed E-state index contributed by atoms with van der Waals surface area (Å²) in [4.78, 5) is 24.9. The van der Waals surface area contributed by atoms with E-state index in [2.05, 4.69) is 37.7 Å². The van der Waals surface area contributed by atoms with Crippen molar-refractivity contribution in [3.05, 3.63) is 40.5 Å². The van der Waals surface area contributed by atoms with Crippen LogP contribution in [-0.4, -0.2) is 35.5 Å². The van der Waals surface area contributed by atoms with Gasteiger partial charge in [-0.05, 0) is 43.0 Å². The average Bonchev–Trinajstić information content (AvgIpc) is 3.45. The van der Waals surface area contributed by atoms with Crippen molar-refractivity contribution in [2.45, 2.75) is 43.9 Å². The van der Waals surface area contributed by atoms with E-state index >= 15 is 0 Å². The Hall–Kier alpha value is -2.46. The molecule has 2 aromatic heterocycles. The minimum absolute atomic E-state index is 0.204. The molecular formula is C21H25N5OS. The van der Waals surface area contributed by atoms with Crippen LogP contribution in [0.2, 0.25) is 0 Å². The Labute approximate surface area is 169 Å². The number of nitrogens with zero attached hydrogens (tertiary/aromatic N) is 4. The highest BCUT2D eigenvalue weighted by molar-refractivity contribution is 7.10. The van der Waals surface area contributed by atoms with Gasteiger partial charge in [0.1, 0.15) is 6.07 Å². The van der Waals surface area contributed by atoms with Gasteiger partial charge >= 0.3 is 0 Å². The molecule has 146 valence electrons. The van der Waals surface area contributed by atoms with Crippen LogP contribution in [0.1, 0.15) is 49.1 Å². The molecule has 0 spiro atoms. The Bertz CT molecular complexity index is 846. The van der Waals surface area contributed by atoms with Crippen molar-refractivity contribution in [3.63, 3.8) is 0 Å². The zero-order valence-electron chi connectivity index (χ0n) is 15.9. The lowest BCUT2D eigenvalue weighted by Crippen LogP contribution is -2.45. The van der Waals surface area contributed by atoms with Crippen LogP contribution in [0.3, 0.4) is 0 Å². The molecular weight excluding hydrogens is 370 g/mol. The van der Waals surface area contributed by atoms with Crippen LogP contribution in [-0.2, 0) is 10.2 Å². The van der Waals surface area contributed by atoms with Crippen molar-refractivity contribution in [1.82, 2.24) is 15.3 Å². The van der Waals surface area contributed by atoms with Crippen molar-refractivity contribution in [1.29, 1.82) is 5.26 Å². The number of nitrogens with one attached hydrogen (secondary N) is 1. The van der Waals surface area contributed by atoms with Crippen molar-refractivity contribution in [3.8, 4) is 6.07 Å². The average molecular weight is 396 g/mol. The number of amides is 1. The summed E-state index contributed by atoms with van der Waals surface area (Å²) in [6.07, 6.45) is 9.32. The topological polar surface area (TPSA) is 81.9 Å². The van der Waals surface area contributed by atoms with Gasteiger partial charge in [0.25, 0.3) is 0 Å². The molecule has 1 amide bonds. The molecule has 1 N–H and O–H groups in total. The molecule has 1 saturated carbocycles. The van der Waals surface area contributed by atoms with Crippen LogP contribution in [0.4, 0.5) is 5.82 Å². The number of nitriles is 1. The maximum absolute atomic E-state index is 13.1. The summed E-state index contributed by atoms with van der Waals surface area (Å²) in [5, 5.41) is 14.6. The third-order valence-corrected chi connectivity index (χ3v) is 7.21. The number of piperidine rings is 1. The third-order valence-electron chi connectivity index (χ3n) is 6.13. The first-order chi connectivity index (χ1) is 13.7. The second-order valence-electron chi connectivity index (χ2n) is 7.75. The highest BCUT2D eigenvalue weighted by atomic mass is 32.1. The molecule has 2 fully saturated rings. The SMILES string of the molecule is N#Cc1nccnc1N1CCC(CNC(=O)C2(c3cccs3)CCCC2)CC1. The van der Waals surface area contributed by atoms with Gasteiger partial charge in [0.15, 0.2) is 11.5 Å². The number of hydrogen-bond acceptors (Lipinski definition) is 6. The highest BCUT2D eigenvalue weighted by Crippen LogP contribution is 2.43. The molecule has 0 bridgehead atoms. The molecule has 2 aliphatic rings. The summed E-state index contributed by atoms with van der Waals surface area (Å²) in [7, 11) is 0. The van der Waals surface area contributed by atoms with Gasteiger partial charge in [0.05, 0.1) is 5.41 Å². The van der Waals surface area contributed by atoms with Gasteiger partial charge in [-0.2, -0.15) is 5.26 Å². The number of hydrogen-bond donors (Lipinski definition) is 1. The summed E-state index contributed by atoms with van der Waals surface area (Å²) >= 11 is 1.70. The summed E-state index contributed by atoms with van der Waals surface area (Å²) in [6, 6.07) is 6.28. The van der Waals surface area contributed by atoms with E-state index in [4.69, 9.17) is 0 Å². The molecule has 3 heterocycles. The summed E-state index contributed by atoms with van der Waals surface area (Å²) in [5.74, 6) is 1.34. The first-order valence-electron chi connectivity index (χ1n) is 10.0. The Kier molecular flexibility index (Phi) is 5.58. The molecule has 7 heteroatoms. The number of carbonyl (C=O) groups is 1. The second-order valence-corrected chi connectivity index (χ2v) is 8.70. The van der Waals surface area contributed by atoms with Crippen LogP contribution in [0, 0.1) is 17.2 Å². The van der Waals surface area contributed by atoms with Crippen LogP contribution in [0.5, 0.6) is 0 Å².